The van der Waals surface area contributed by atoms with Crippen LogP contribution in [0.1, 0.15) is 12.0 Å². The van der Waals surface area contributed by atoms with Crippen LogP contribution in [-0.4, -0.2) is 49.5 Å². The number of thioether (sulfide) groups is 1. The molecule has 1 N–H and O–H groups in total. The van der Waals surface area contributed by atoms with Crippen molar-refractivity contribution in [2.45, 2.75) is 18.2 Å². The predicted octanol–water partition coefficient (Wildman–Crippen LogP) is 2.52. The number of aryl methyl sites for hydroxylation is 1. The lowest BCUT2D eigenvalue weighted by Crippen LogP contribution is -2.46. The second-order valence-electron chi connectivity index (χ2n) is 4.85. The maximum Gasteiger partial charge on any atom is 0.317 e. The van der Waals surface area contributed by atoms with E-state index in [-0.39, 0.29) is 6.03 Å². The van der Waals surface area contributed by atoms with Crippen molar-refractivity contribution in [1.29, 1.82) is 0 Å². The highest BCUT2D eigenvalue weighted by Crippen LogP contribution is 2.18. The fourth-order valence-electron chi connectivity index (χ4n) is 1.97. The SMILES string of the molecule is Cc1ccc(SCCCNC(=O)N2CCOCC2)cc1. The summed E-state index contributed by atoms with van der Waals surface area (Å²) in [6, 6.07) is 8.58. The number of morpholine rings is 1. The molecule has 1 heterocycles. The summed E-state index contributed by atoms with van der Waals surface area (Å²) >= 11 is 1.83. The zero-order valence-corrected chi connectivity index (χ0v) is 12.7. The van der Waals surface area contributed by atoms with Gasteiger partial charge in [0.1, 0.15) is 0 Å². The Morgan fingerprint density at radius 2 is 2.00 bits per heavy atom. The van der Waals surface area contributed by atoms with Crippen LogP contribution >= 0.6 is 11.8 Å². The lowest BCUT2D eigenvalue weighted by molar-refractivity contribution is 0.0532. The van der Waals surface area contributed by atoms with E-state index in [4.69, 9.17) is 4.74 Å². The van der Waals surface area contributed by atoms with Crippen molar-refractivity contribution in [3.63, 3.8) is 0 Å². The van der Waals surface area contributed by atoms with Gasteiger partial charge < -0.3 is 15.0 Å². The van der Waals surface area contributed by atoms with Gasteiger partial charge in [0, 0.05) is 24.5 Å². The Bertz CT molecular complexity index is 416. The molecule has 2 rings (SSSR count). The number of ether oxygens (including phenoxy) is 1. The minimum atomic E-state index is 0.0358. The first kappa shape index (κ1) is 15.2. The van der Waals surface area contributed by atoms with Crippen LogP contribution in [0.5, 0.6) is 0 Å². The Balaban J connectivity index is 1.57. The minimum absolute atomic E-state index is 0.0358. The molecule has 0 atom stereocenters. The van der Waals surface area contributed by atoms with Crippen LogP contribution in [0.4, 0.5) is 4.79 Å². The van der Waals surface area contributed by atoms with Gasteiger partial charge in [0.2, 0.25) is 0 Å². The van der Waals surface area contributed by atoms with Gasteiger partial charge in [-0.2, -0.15) is 0 Å². The van der Waals surface area contributed by atoms with Crippen LogP contribution in [0, 0.1) is 6.92 Å². The fraction of sp³-hybridized carbons (Fsp3) is 0.533. The van der Waals surface area contributed by atoms with E-state index in [2.05, 4.69) is 36.5 Å². The molecule has 110 valence electrons. The molecule has 0 radical (unpaired) electrons. The number of hydrogen-bond donors (Lipinski definition) is 1. The molecular formula is C15H22N2O2S. The van der Waals surface area contributed by atoms with Crippen LogP contribution in [0.15, 0.2) is 29.2 Å². The van der Waals surface area contributed by atoms with Crippen LogP contribution < -0.4 is 5.32 Å². The summed E-state index contributed by atoms with van der Waals surface area (Å²) in [5, 5.41) is 2.97. The van der Waals surface area contributed by atoms with E-state index < -0.39 is 0 Å². The molecule has 0 spiro atoms. The van der Waals surface area contributed by atoms with Crippen molar-refractivity contribution < 1.29 is 9.53 Å². The normalized spacial score (nSPS) is 15.2. The van der Waals surface area contributed by atoms with Crippen LogP contribution in [0.25, 0.3) is 0 Å². The van der Waals surface area contributed by atoms with Gasteiger partial charge in [-0.05, 0) is 31.2 Å². The molecule has 2 amide bonds. The molecule has 0 aromatic heterocycles. The van der Waals surface area contributed by atoms with Gasteiger partial charge in [-0.15, -0.1) is 11.8 Å². The van der Waals surface area contributed by atoms with Gasteiger partial charge in [0.25, 0.3) is 0 Å². The summed E-state index contributed by atoms with van der Waals surface area (Å²) in [6.07, 6.45) is 0.981. The third-order valence-corrected chi connectivity index (χ3v) is 4.28. The molecule has 1 aliphatic rings. The van der Waals surface area contributed by atoms with E-state index in [0.717, 1.165) is 18.7 Å². The molecule has 1 fully saturated rings. The summed E-state index contributed by atoms with van der Waals surface area (Å²) < 4.78 is 5.23. The molecule has 1 aromatic rings. The van der Waals surface area contributed by atoms with Crippen LogP contribution in [-0.2, 0) is 4.74 Å². The summed E-state index contributed by atoms with van der Waals surface area (Å²) in [4.78, 5) is 14.9. The number of hydrogen-bond acceptors (Lipinski definition) is 3. The first-order chi connectivity index (χ1) is 9.75. The maximum atomic E-state index is 11.8. The van der Waals surface area contributed by atoms with E-state index in [1.54, 1.807) is 0 Å². The number of benzene rings is 1. The highest BCUT2D eigenvalue weighted by atomic mass is 32.2. The van der Waals surface area contributed by atoms with Crippen molar-refractivity contribution >= 4 is 17.8 Å². The van der Waals surface area contributed by atoms with E-state index in [9.17, 15) is 4.79 Å². The maximum absolute atomic E-state index is 11.8. The van der Waals surface area contributed by atoms with Gasteiger partial charge in [-0.25, -0.2) is 4.79 Å². The first-order valence-corrected chi connectivity index (χ1v) is 8.04. The summed E-state index contributed by atoms with van der Waals surface area (Å²) in [7, 11) is 0. The first-order valence-electron chi connectivity index (χ1n) is 7.06. The summed E-state index contributed by atoms with van der Waals surface area (Å²) in [5.74, 6) is 1.02. The highest BCUT2D eigenvalue weighted by molar-refractivity contribution is 7.99. The Kier molecular flexibility index (Phi) is 6.21. The van der Waals surface area contributed by atoms with Gasteiger partial charge in [-0.1, -0.05) is 17.7 Å². The summed E-state index contributed by atoms with van der Waals surface area (Å²) in [5.41, 5.74) is 1.28. The Morgan fingerprint density at radius 1 is 1.30 bits per heavy atom. The molecule has 5 heteroatoms. The number of nitrogens with zero attached hydrogens (tertiary/aromatic N) is 1. The zero-order valence-electron chi connectivity index (χ0n) is 11.9. The average molecular weight is 294 g/mol. The molecule has 1 aliphatic heterocycles. The second-order valence-corrected chi connectivity index (χ2v) is 6.01. The Morgan fingerprint density at radius 3 is 2.70 bits per heavy atom. The molecule has 0 aliphatic carbocycles. The average Bonchev–Trinajstić information content (AvgIpc) is 2.49. The highest BCUT2D eigenvalue weighted by Gasteiger charge is 2.15. The molecule has 0 bridgehead atoms. The molecule has 0 unspecified atom stereocenters. The van der Waals surface area contributed by atoms with Crippen molar-refractivity contribution in [3.8, 4) is 0 Å². The zero-order chi connectivity index (χ0) is 14.2. The lowest BCUT2D eigenvalue weighted by Gasteiger charge is -2.26. The van der Waals surface area contributed by atoms with E-state index in [1.165, 1.54) is 10.5 Å². The molecule has 1 saturated heterocycles. The van der Waals surface area contributed by atoms with Crippen molar-refractivity contribution in [2.24, 2.45) is 0 Å². The topological polar surface area (TPSA) is 41.6 Å². The van der Waals surface area contributed by atoms with E-state index in [0.29, 0.717) is 26.3 Å². The van der Waals surface area contributed by atoms with E-state index >= 15 is 0 Å². The van der Waals surface area contributed by atoms with Crippen molar-refractivity contribution in [3.05, 3.63) is 29.8 Å². The number of carbonyl (C=O) groups is 1. The second kappa shape index (κ2) is 8.17. The number of urea groups is 1. The molecule has 20 heavy (non-hydrogen) atoms. The van der Waals surface area contributed by atoms with Gasteiger partial charge >= 0.3 is 6.03 Å². The van der Waals surface area contributed by atoms with Crippen LogP contribution in [0.3, 0.4) is 0 Å². The van der Waals surface area contributed by atoms with Gasteiger partial charge in [0.15, 0.2) is 0 Å². The largest absolute Gasteiger partial charge is 0.378 e. The minimum Gasteiger partial charge on any atom is -0.378 e. The summed E-state index contributed by atoms with van der Waals surface area (Å²) in [6.45, 7) is 5.52. The molecule has 1 aromatic carbocycles. The van der Waals surface area contributed by atoms with Crippen LogP contribution in [0.2, 0.25) is 0 Å². The number of carbonyl (C=O) groups excluding carboxylic acids is 1. The fourth-order valence-corrected chi connectivity index (χ4v) is 2.82. The third-order valence-electron chi connectivity index (χ3n) is 3.19. The molecule has 4 nitrogen and oxygen atoms in total. The van der Waals surface area contributed by atoms with E-state index in [1.807, 2.05) is 16.7 Å². The number of amides is 2. The smallest absolute Gasteiger partial charge is 0.317 e. The van der Waals surface area contributed by atoms with Gasteiger partial charge in [0.05, 0.1) is 13.2 Å². The molecule has 0 saturated carbocycles. The lowest BCUT2D eigenvalue weighted by atomic mass is 10.2. The quantitative estimate of drug-likeness (QED) is 0.670. The predicted molar refractivity (Wildman–Crippen MR) is 82.3 cm³/mol. The Labute approximate surface area is 124 Å². The number of rotatable bonds is 5. The Hall–Kier alpha value is -1.20. The van der Waals surface area contributed by atoms with Gasteiger partial charge in [-0.3, -0.25) is 0 Å². The van der Waals surface area contributed by atoms with Crippen molar-refractivity contribution in [2.75, 3.05) is 38.6 Å². The monoisotopic (exact) mass is 294 g/mol. The molecular weight excluding hydrogens is 272 g/mol. The standard InChI is InChI=1S/C15H22N2O2S/c1-13-3-5-14(6-4-13)20-12-2-7-16-15(18)17-8-10-19-11-9-17/h3-6H,2,7-12H2,1H3,(H,16,18). The van der Waals surface area contributed by atoms with Crippen molar-refractivity contribution in [1.82, 2.24) is 10.2 Å². The number of nitrogens with one attached hydrogen (secondary N) is 1. The third kappa shape index (κ3) is 5.06.